The minimum absolute atomic E-state index is 0. The second kappa shape index (κ2) is 12.5. The van der Waals surface area contributed by atoms with Crippen molar-refractivity contribution in [3.8, 4) is 11.4 Å². The first-order chi connectivity index (χ1) is 14.2. The molecule has 3 N–H and O–H groups in total. The fourth-order valence-corrected chi connectivity index (χ4v) is 2.94. The first-order valence-electron chi connectivity index (χ1n) is 9.38. The summed E-state index contributed by atoms with van der Waals surface area (Å²) in [5.74, 6) is 1.72. The first-order valence-corrected chi connectivity index (χ1v) is 9.76. The third-order valence-electron chi connectivity index (χ3n) is 4.43. The molecule has 0 aliphatic heterocycles. The van der Waals surface area contributed by atoms with Crippen LogP contribution >= 0.6 is 35.6 Å². The molecule has 1 heterocycles. The number of aromatic nitrogens is 2. The van der Waals surface area contributed by atoms with Gasteiger partial charge in [-0.05, 0) is 29.8 Å². The Bertz CT molecular complexity index is 919. The molecule has 0 aliphatic rings. The summed E-state index contributed by atoms with van der Waals surface area (Å²) in [6.45, 7) is 1.21. The molecule has 0 spiro atoms. The van der Waals surface area contributed by atoms with Gasteiger partial charge in [-0.15, -0.1) is 24.0 Å². The van der Waals surface area contributed by atoms with E-state index in [1.54, 1.807) is 19.2 Å². The Balaban J connectivity index is 0.00000320. The predicted molar refractivity (Wildman–Crippen MR) is 129 cm³/mol. The molecule has 1 aromatic heterocycles. The van der Waals surface area contributed by atoms with Crippen LogP contribution in [-0.2, 0) is 6.42 Å². The van der Waals surface area contributed by atoms with Crippen molar-refractivity contribution in [3.63, 3.8) is 0 Å². The lowest BCUT2D eigenvalue weighted by molar-refractivity contribution is 0.265. The van der Waals surface area contributed by atoms with E-state index >= 15 is 0 Å². The van der Waals surface area contributed by atoms with Crippen molar-refractivity contribution in [2.45, 2.75) is 12.3 Å². The highest BCUT2D eigenvalue weighted by atomic mass is 127. The minimum atomic E-state index is -0.00683. The van der Waals surface area contributed by atoms with E-state index < -0.39 is 0 Å². The zero-order chi connectivity index (χ0) is 20.5. The molecule has 3 aromatic rings. The number of hydrogen-bond donors (Lipinski definition) is 3. The van der Waals surface area contributed by atoms with Crippen LogP contribution in [0.1, 0.15) is 17.4 Å². The van der Waals surface area contributed by atoms with Gasteiger partial charge in [-0.1, -0.05) is 47.1 Å². The second-order valence-electron chi connectivity index (χ2n) is 6.44. The number of hydrogen-bond acceptors (Lipinski definition) is 5. The molecule has 9 heteroatoms. The number of aliphatic hydroxyl groups is 1. The maximum atomic E-state index is 9.67. The number of aliphatic hydroxyl groups excluding tert-OH is 1. The monoisotopic (exact) mass is 541 g/mol. The summed E-state index contributed by atoms with van der Waals surface area (Å²) < 4.78 is 5.31. The summed E-state index contributed by atoms with van der Waals surface area (Å²) in [6.07, 6.45) is 0.559. The Morgan fingerprint density at radius 1 is 1.13 bits per heavy atom. The number of rotatable bonds is 8. The van der Waals surface area contributed by atoms with Crippen LogP contribution in [0.15, 0.2) is 64.1 Å². The minimum Gasteiger partial charge on any atom is -0.396 e. The van der Waals surface area contributed by atoms with Crippen LogP contribution in [0.25, 0.3) is 11.4 Å². The van der Waals surface area contributed by atoms with Gasteiger partial charge in [0.25, 0.3) is 0 Å². The summed E-state index contributed by atoms with van der Waals surface area (Å²) in [7, 11) is 1.71. The average molecular weight is 542 g/mol. The second-order valence-corrected chi connectivity index (χ2v) is 6.88. The van der Waals surface area contributed by atoms with E-state index in [2.05, 4.69) is 25.8 Å². The summed E-state index contributed by atoms with van der Waals surface area (Å²) >= 11 is 5.90. The largest absolute Gasteiger partial charge is 0.396 e. The van der Waals surface area contributed by atoms with Gasteiger partial charge in [0.1, 0.15) is 0 Å². The summed E-state index contributed by atoms with van der Waals surface area (Å²) in [5.41, 5.74) is 1.93. The van der Waals surface area contributed by atoms with Gasteiger partial charge in [0.2, 0.25) is 11.7 Å². The Morgan fingerprint density at radius 2 is 1.87 bits per heavy atom. The molecular weight excluding hydrogens is 517 g/mol. The molecule has 0 radical (unpaired) electrons. The zero-order valence-corrected chi connectivity index (χ0v) is 19.7. The van der Waals surface area contributed by atoms with E-state index in [-0.39, 0.29) is 36.5 Å². The number of guanidine groups is 1. The molecule has 0 amide bonds. The van der Waals surface area contributed by atoms with Crippen molar-refractivity contribution in [2.75, 3.05) is 26.7 Å². The third-order valence-corrected chi connectivity index (χ3v) is 4.68. The van der Waals surface area contributed by atoms with E-state index in [0.717, 1.165) is 11.1 Å². The fraction of sp³-hybridized carbons (Fsp3) is 0.286. The van der Waals surface area contributed by atoms with Crippen LogP contribution in [0.5, 0.6) is 0 Å². The molecule has 1 atom stereocenters. The zero-order valence-electron chi connectivity index (χ0n) is 16.6. The lowest BCUT2D eigenvalue weighted by atomic mass is 10.0. The lowest BCUT2D eigenvalue weighted by Gasteiger charge is -2.17. The van der Waals surface area contributed by atoms with Gasteiger partial charge in [-0.2, -0.15) is 4.98 Å². The number of halogens is 2. The lowest BCUT2D eigenvalue weighted by Crippen LogP contribution is -2.40. The topological polar surface area (TPSA) is 95.6 Å². The Hall–Kier alpha value is -2.17. The van der Waals surface area contributed by atoms with Gasteiger partial charge < -0.3 is 20.3 Å². The molecule has 7 nitrogen and oxygen atoms in total. The van der Waals surface area contributed by atoms with Crippen molar-refractivity contribution in [2.24, 2.45) is 4.99 Å². The van der Waals surface area contributed by atoms with E-state index in [4.69, 9.17) is 16.1 Å². The van der Waals surface area contributed by atoms with Crippen molar-refractivity contribution in [1.29, 1.82) is 0 Å². The summed E-state index contributed by atoms with van der Waals surface area (Å²) in [6, 6.07) is 17.2. The SMILES string of the molecule is CN=C(NCCc1nc(-c2ccc(Cl)cc2)no1)NCC(CO)c1ccccc1.I. The van der Waals surface area contributed by atoms with Crippen molar-refractivity contribution in [1.82, 2.24) is 20.8 Å². The van der Waals surface area contributed by atoms with Crippen LogP contribution in [-0.4, -0.2) is 48.0 Å². The number of benzene rings is 2. The fourth-order valence-electron chi connectivity index (χ4n) is 2.81. The number of aliphatic imine (C=N–C) groups is 1. The molecule has 0 saturated carbocycles. The molecule has 0 bridgehead atoms. The van der Waals surface area contributed by atoms with Crippen LogP contribution in [0.2, 0.25) is 5.02 Å². The van der Waals surface area contributed by atoms with Crippen LogP contribution in [0.4, 0.5) is 0 Å². The molecule has 1 unspecified atom stereocenters. The van der Waals surface area contributed by atoms with Gasteiger partial charge in [0, 0.05) is 43.1 Å². The molecule has 2 aromatic carbocycles. The van der Waals surface area contributed by atoms with Crippen molar-refractivity contribution < 1.29 is 9.63 Å². The molecular formula is C21H25ClIN5O2. The highest BCUT2D eigenvalue weighted by Crippen LogP contribution is 2.18. The van der Waals surface area contributed by atoms with Gasteiger partial charge in [-0.25, -0.2) is 0 Å². The van der Waals surface area contributed by atoms with Gasteiger partial charge in [0.15, 0.2) is 5.96 Å². The maximum absolute atomic E-state index is 9.67. The van der Waals surface area contributed by atoms with Crippen molar-refractivity contribution >= 4 is 41.5 Å². The molecule has 30 heavy (non-hydrogen) atoms. The Morgan fingerprint density at radius 3 is 2.53 bits per heavy atom. The predicted octanol–water partition coefficient (Wildman–Crippen LogP) is 3.49. The van der Waals surface area contributed by atoms with Gasteiger partial charge in [0.05, 0.1) is 6.61 Å². The van der Waals surface area contributed by atoms with Gasteiger partial charge >= 0.3 is 0 Å². The quantitative estimate of drug-likeness (QED) is 0.230. The maximum Gasteiger partial charge on any atom is 0.228 e. The molecule has 160 valence electrons. The summed E-state index contributed by atoms with van der Waals surface area (Å²) in [4.78, 5) is 8.62. The standard InChI is InChI=1S/C21H24ClN5O2.HI/c1-23-21(25-13-17(14-28)15-5-3-2-4-6-15)24-12-11-19-26-20(27-29-19)16-7-9-18(22)10-8-16;/h2-10,17,28H,11-14H2,1H3,(H2,23,24,25);1H. The Labute approximate surface area is 198 Å². The first kappa shape index (κ1) is 24.1. The smallest absolute Gasteiger partial charge is 0.228 e. The number of nitrogens with zero attached hydrogens (tertiary/aromatic N) is 3. The van der Waals surface area contributed by atoms with Crippen LogP contribution < -0.4 is 10.6 Å². The van der Waals surface area contributed by atoms with E-state index in [0.29, 0.717) is 42.2 Å². The van der Waals surface area contributed by atoms with Crippen LogP contribution in [0.3, 0.4) is 0 Å². The number of nitrogens with one attached hydrogen (secondary N) is 2. The highest BCUT2D eigenvalue weighted by Gasteiger charge is 2.12. The third kappa shape index (κ3) is 6.96. The van der Waals surface area contributed by atoms with Gasteiger partial charge in [-0.3, -0.25) is 4.99 Å². The van der Waals surface area contributed by atoms with E-state index in [1.165, 1.54) is 0 Å². The van der Waals surface area contributed by atoms with E-state index in [1.807, 2.05) is 42.5 Å². The normalized spacial score (nSPS) is 12.2. The Kier molecular flexibility index (Phi) is 10.0. The molecule has 3 rings (SSSR count). The van der Waals surface area contributed by atoms with Crippen LogP contribution in [0, 0.1) is 0 Å². The molecule has 0 fully saturated rings. The highest BCUT2D eigenvalue weighted by molar-refractivity contribution is 14.0. The van der Waals surface area contributed by atoms with E-state index in [9.17, 15) is 5.11 Å². The molecule has 0 saturated heterocycles. The summed E-state index contributed by atoms with van der Waals surface area (Å²) in [5, 5.41) is 20.8. The molecule has 0 aliphatic carbocycles. The average Bonchev–Trinajstić information content (AvgIpc) is 3.23. The van der Waals surface area contributed by atoms with Crippen molar-refractivity contribution in [3.05, 3.63) is 71.1 Å².